The molecule has 0 aromatic heterocycles. The Morgan fingerprint density at radius 3 is 2.59 bits per heavy atom. The summed E-state index contributed by atoms with van der Waals surface area (Å²) >= 11 is 6.08. The van der Waals surface area contributed by atoms with Gasteiger partial charge in [-0.25, -0.2) is 0 Å². The highest BCUT2D eigenvalue weighted by molar-refractivity contribution is 6.32. The molecule has 0 amide bonds. The van der Waals surface area contributed by atoms with Crippen LogP contribution in [-0.2, 0) is 0 Å². The van der Waals surface area contributed by atoms with Crippen LogP contribution in [0.15, 0.2) is 18.2 Å². The minimum atomic E-state index is 0.590. The lowest BCUT2D eigenvalue weighted by Crippen LogP contribution is -2.31. The molecule has 96 valence electrons. The maximum absolute atomic E-state index is 6.08. The largest absolute Gasteiger partial charge is 0.491 e. The Balaban J connectivity index is 2.31. The molecule has 0 saturated carbocycles. The summed E-state index contributed by atoms with van der Waals surface area (Å²) in [5.41, 5.74) is 1.15. The van der Waals surface area contributed by atoms with Gasteiger partial charge in [-0.3, -0.25) is 0 Å². The number of hydrogen-bond donors (Lipinski definition) is 1. The second-order valence-electron chi connectivity index (χ2n) is 4.25. The molecular formula is C14H22ClNO. The van der Waals surface area contributed by atoms with E-state index in [4.69, 9.17) is 16.3 Å². The fourth-order valence-corrected chi connectivity index (χ4v) is 2.01. The van der Waals surface area contributed by atoms with Gasteiger partial charge in [-0.05, 0) is 37.5 Å². The van der Waals surface area contributed by atoms with Crippen LogP contribution < -0.4 is 10.1 Å². The van der Waals surface area contributed by atoms with Gasteiger partial charge in [0.1, 0.15) is 12.4 Å². The normalized spacial score (nSPS) is 10.9. The minimum Gasteiger partial charge on any atom is -0.491 e. The summed E-state index contributed by atoms with van der Waals surface area (Å²) in [6.45, 7) is 7.91. The summed E-state index contributed by atoms with van der Waals surface area (Å²) < 4.78 is 5.64. The third-order valence-corrected chi connectivity index (χ3v) is 3.16. The highest BCUT2D eigenvalue weighted by atomic mass is 35.5. The molecule has 0 aliphatic heterocycles. The van der Waals surface area contributed by atoms with Crippen molar-refractivity contribution in [3.63, 3.8) is 0 Å². The van der Waals surface area contributed by atoms with Crippen LogP contribution in [0.5, 0.6) is 5.75 Å². The van der Waals surface area contributed by atoms with E-state index in [-0.39, 0.29) is 0 Å². The summed E-state index contributed by atoms with van der Waals surface area (Å²) in [5, 5.41) is 4.14. The number of hydrogen-bond acceptors (Lipinski definition) is 2. The molecule has 3 heteroatoms. The van der Waals surface area contributed by atoms with E-state index in [9.17, 15) is 0 Å². The molecule has 2 nitrogen and oxygen atoms in total. The summed E-state index contributed by atoms with van der Waals surface area (Å²) in [6, 6.07) is 6.45. The van der Waals surface area contributed by atoms with Crippen LogP contribution in [-0.4, -0.2) is 19.2 Å². The molecule has 1 N–H and O–H groups in total. The van der Waals surface area contributed by atoms with Crippen LogP contribution in [0, 0.1) is 6.92 Å². The third-order valence-electron chi connectivity index (χ3n) is 2.87. The van der Waals surface area contributed by atoms with Crippen molar-refractivity contribution in [3.05, 3.63) is 28.8 Å². The fourth-order valence-electron chi connectivity index (χ4n) is 1.72. The van der Waals surface area contributed by atoms with Crippen molar-refractivity contribution < 1.29 is 4.74 Å². The number of nitrogens with one attached hydrogen (secondary N) is 1. The van der Waals surface area contributed by atoms with Crippen LogP contribution in [0.25, 0.3) is 0 Å². The molecule has 0 radical (unpaired) electrons. The van der Waals surface area contributed by atoms with Gasteiger partial charge in [-0.1, -0.05) is 31.5 Å². The van der Waals surface area contributed by atoms with Crippen molar-refractivity contribution >= 4 is 11.6 Å². The average Bonchev–Trinajstić information content (AvgIpc) is 2.32. The van der Waals surface area contributed by atoms with E-state index in [0.717, 1.165) is 30.7 Å². The maximum atomic E-state index is 6.08. The minimum absolute atomic E-state index is 0.590. The number of benzene rings is 1. The van der Waals surface area contributed by atoms with Gasteiger partial charge >= 0.3 is 0 Å². The van der Waals surface area contributed by atoms with Gasteiger partial charge in [-0.2, -0.15) is 0 Å². The molecule has 1 rings (SSSR count). The quantitative estimate of drug-likeness (QED) is 0.749. The fraction of sp³-hybridized carbons (Fsp3) is 0.571. The predicted molar refractivity (Wildman–Crippen MR) is 74.1 cm³/mol. The van der Waals surface area contributed by atoms with Crippen molar-refractivity contribution in [1.82, 2.24) is 5.32 Å². The van der Waals surface area contributed by atoms with Crippen LogP contribution in [0.1, 0.15) is 32.3 Å². The molecule has 17 heavy (non-hydrogen) atoms. The van der Waals surface area contributed by atoms with E-state index in [1.807, 2.05) is 25.1 Å². The number of rotatable bonds is 7. The Kier molecular flexibility index (Phi) is 6.38. The molecule has 1 aromatic rings. The van der Waals surface area contributed by atoms with E-state index < -0.39 is 0 Å². The zero-order chi connectivity index (χ0) is 12.7. The monoisotopic (exact) mass is 255 g/mol. The molecular weight excluding hydrogens is 234 g/mol. The van der Waals surface area contributed by atoms with Gasteiger partial charge in [-0.15, -0.1) is 0 Å². The molecule has 0 bridgehead atoms. The SMILES string of the molecule is CCC(CC)NCCOc1ccc(C)cc1Cl. The zero-order valence-corrected chi connectivity index (χ0v) is 11.7. The van der Waals surface area contributed by atoms with E-state index in [1.54, 1.807) is 0 Å². The topological polar surface area (TPSA) is 21.3 Å². The first kappa shape index (κ1) is 14.3. The average molecular weight is 256 g/mol. The first-order valence-electron chi connectivity index (χ1n) is 6.29. The van der Waals surface area contributed by atoms with Crippen LogP contribution in [0.4, 0.5) is 0 Å². The van der Waals surface area contributed by atoms with Crippen LogP contribution in [0.2, 0.25) is 5.02 Å². The Morgan fingerprint density at radius 1 is 1.29 bits per heavy atom. The lowest BCUT2D eigenvalue weighted by molar-refractivity contribution is 0.302. The molecule has 0 spiro atoms. The van der Waals surface area contributed by atoms with Gasteiger partial charge in [0.25, 0.3) is 0 Å². The molecule has 0 aliphatic rings. The van der Waals surface area contributed by atoms with Gasteiger partial charge in [0, 0.05) is 12.6 Å². The summed E-state index contributed by atoms with van der Waals surface area (Å²) in [4.78, 5) is 0. The van der Waals surface area contributed by atoms with E-state index >= 15 is 0 Å². The number of aryl methyl sites for hydroxylation is 1. The number of ether oxygens (including phenoxy) is 1. The van der Waals surface area contributed by atoms with Crippen LogP contribution in [0.3, 0.4) is 0 Å². The standard InChI is InChI=1S/C14H22ClNO/c1-4-12(5-2)16-8-9-17-14-7-6-11(3)10-13(14)15/h6-7,10,12,16H,4-5,8-9H2,1-3H3. The smallest absolute Gasteiger partial charge is 0.137 e. The highest BCUT2D eigenvalue weighted by Crippen LogP contribution is 2.24. The Bertz CT molecular complexity index is 337. The first-order valence-corrected chi connectivity index (χ1v) is 6.67. The van der Waals surface area contributed by atoms with Crippen LogP contribution >= 0.6 is 11.6 Å². The Hall–Kier alpha value is -0.730. The molecule has 1 aromatic carbocycles. The molecule has 0 fully saturated rings. The van der Waals surface area contributed by atoms with Gasteiger partial charge in [0.2, 0.25) is 0 Å². The predicted octanol–water partition coefficient (Wildman–Crippen LogP) is 3.81. The van der Waals surface area contributed by atoms with E-state index in [2.05, 4.69) is 19.2 Å². The summed E-state index contributed by atoms with van der Waals surface area (Å²) in [5.74, 6) is 0.767. The zero-order valence-electron chi connectivity index (χ0n) is 10.9. The molecule has 0 unspecified atom stereocenters. The maximum Gasteiger partial charge on any atom is 0.137 e. The lowest BCUT2D eigenvalue weighted by atomic mass is 10.2. The van der Waals surface area contributed by atoms with Crippen molar-refractivity contribution in [3.8, 4) is 5.75 Å². The lowest BCUT2D eigenvalue weighted by Gasteiger charge is -2.15. The Labute approximate surface area is 109 Å². The first-order chi connectivity index (χ1) is 8.17. The van der Waals surface area contributed by atoms with Crippen molar-refractivity contribution in [2.45, 2.75) is 39.7 Å². The third kappa shape index (κ3) is 4.97. The highest BCUT2D eigenvalue weighted by Gasteiger charge is 2.03. The summed E-state index contributed by atoms with van der Waals surface area (Å²) in [7, 11) is 0. The molecule has 0 aliphatic carbocycles. The molecule has 0 atom stereocenters. The van der Waals surface area contributed by atoms with Crippen molar-refractivity contribution in [2.24, 2.45) is 0 Å². The van der Waals surface area contributed by atoms with Gasteiger partial charge in [0.05, 0.1) is 5.02 Å². The van der Waals surface area contributed by atoms with Crippen molar-refractivity contribution in [2.75, 3.05) is 13.2 Å². The second-order valence-corrected chi connectivity index (χ2v) is 4.66. The second kappa shape index (κ2) is 7.57. The Morgan fingerprint density at radius 2 is 2.00 bits per heavy atom. The van der Waals surface area contributed by atoms with Gasteiger partial charge in [0.15, 0.2) is 0 Å². The molecule has 0 saturated heterocycles. The van der Waals surface area contributed by atoms with Crippen molar-refractivity contribution in [1.29, 1.82) is 0 Å². The molecule has 0 heterocycles. The summed E-state index contributed by atoms with van der Waals surface area (Å²) in [6.07, 6.45) is 2.31. The van der Waals surface area contributed by atoms with E-state index in [1.165, 1.54) is 0 Å². The van der Waals surface area contributed by atoms with E-state index in [0.29, 0.717) is 17.7 Å². The van der Waals surface area contributed by atoms with Gasteiger partial charge < -0.3 is 10.1 Å². The number of halogens is 1.